The lowest BCUT2D eigenvalue weighted by molar-refractivity contribution is 0.529. The van der Waals surface area contributed by atoms with Crippen molar-refractivity contribution in [3.63, 3.8) is 0 Å². The van der Waals surface area contributed by atoms with Gasteiger partial charge in [0, 0.05) is 11.4 Å². The number of aryl methyl sites for hydroxylation is 1. The minimum atomic E-state index is -0.234. The summed E-state index contributed by atoms with van der Waals surface area (Å²) in [5.74, 6) is 1.46. The molecule has 0 aliphatic carbocycles. The van der Waals surface area contributed by atoms with Gasteiger partial charge in [-0.25, -0.2) is 4.39 Å². The number of aliphatic imine (C=N–C) groups is 1. The maximum atomic E-state index is 13.4. The first kappa shape index (κ1) is 14.9. The van der Waals surface area contributed by atoms with Gasteiger partial charge < -0.3 is 5.32 Å². The molecular weight excluding hydrogens is 327 g/mol. The Morgan fingerprint density at radius 1 is 1.53 bits per heavy atom. The Morgan fingerprint density at radius 2 is 2.26 bits per heavy atom. The topological polar surface area (TPSA) is 24.4 Å². The van der Waals surface area contributed by atoms with Crippen molar-refractivity contribution in [3.05, 3.63) is 28.0 Å². The number of amidine groups is 1. The van der Waals surface area contributed by atoms with E-state index in [2.05, 4.69) is 40.1 Å². The van der Waals surface area contributed by atoms with Gasteiger partial charge in [0.1, 0.15) is 5.82 Å². The van der Waals surface area contributed by atoms with Crippen LogP contribution in [0.25, 0.3) is 0 Å². The van der Waals surface area contributed by atoms with E-state index in [0.717, 1.165) is 28.6 Å². The molecule has 0 bridgehead atoms. The van der Waals surface area contributed by atoms with Crippen molar-refractivity contribution < 1.29 is 4.39 Å². The Kier molecular flexibility index (Phi) is 4.90. The number of nitrogens with one attached hydrogen (secondary N) is 1. The molecule has 0 saturated carbocycles. The van der Waals surface area contributed by atoms with E-state index in [-0.39, 0.29) is 5.82 Å². The molecule has 1 aromatic carbocycles. The first-order valence-corrected chi connectivity index (χ1v) is 8.17. The second kappa shape index (κ2) is 6.27. The number of anilines is 1. The fourth-order valence-corrected chi connectivity index (χ4v) is 3.35. The van der Waals surface area contributed by atoms with Gasteiger partial charge in [-0.15, -0.1) is 0 Å². The van der Waals surface area contributed by atoms with Crippen LogP contribution in [0.5, 0.6) is 0 Å². The van der Waals surface area contributed by atoms with Gasteiger partial charge in [0.05, 0.1) is 10.5 Å². The van der Waals surface area contributed by atoms with Crippen LogP contribution in [-0.2, 0) is 0 Å². The Balaban J connectivity index is 2.08. The van der Waals surface area contributed by atoms with E-state index in [4.69, 9.17) is 0 Å². The van der Waals surface area contributed by atoms with Gasteiger partial charge in [-0.3, -0.25) is 4.99 Å². The van der Waals surface area contributed by atoms with E-state index >= 15 is 0 Å². The van der Waals surface area contributed by atoms with Crippen molar-refractivity contribution in [2.24, 2.45) is 10.9 Å². The summed E-state index contributed by atoms with van der Waals surface area (Å²) in [5, 5.41) is 4.23. The molecule has 0 aromatic heterocycles. The van der Waals surface area contributed by atoms with E-state index < -0.39 is 0 Å². The molecule has 1 aromatic rings. The Bertz CT molecular complexity index is 502. The van der Waals surface area contributed by atoms with Gasteiger partial charge in [-0.2, -0.15) is 0 Å². The van der Waals surface area contributed by atoms with Crippen LogP contribution in [-0.4, -0.2) is 17.0 Å². The van der Waals surface area contributed by atoms with Crippen molar-refractivity contribution in [1.29, 1.82) is 0 Å². The summed E-state index contributed by atoms with van der Waals surface area (Å²) < 4.78 is 13.8. The lowest BCUT2D eigenvalue weighted by atomic mass is 10.1. The predicted molar refractivity (Wildman–Crippen MR) is 85.6 cm³/mol. The molecule has 0 spiro atoms. The van der Waals surface area contributed by atoms with E-state index in [1.54, 1.807) is 17.8 Å². The molecule has 19 heavy (non-hydrogen) atoms. The average Bonchev–Trinajstić information content (AvgIpc) is 2.72. The smallest absolute Gasteiger partial charge is 0.161 e. The van der Waals surface area contributed by atoms with Crippen LogP contribution in [0.4, 0.5) is 10.1 Å². The molecule has 1 atom stereocenters. The highest BCUT2D eigenvalue weighted by molar-refractivity contribution is 9.10. The molecule has 0 radical (unpaired) electrons. The maximum Gasteiger partial charge on any atom is 0.161 e. The monoisotopic (exact) mass is 344 g/mol. The SMILES string of the molecule is Cc1cc(F)c(Br)cc1NC1=NC(CC(C)C)CS1. The van der Waals surface area contributed by atoms with E-state index in [9.17, 15) is 4.39 Å². The van der Waals surface area contributed by atoms with Crippen LogP contribution in [0.2, 0.25) is 0 Å². The standard InChI is InChI=1S/C14H18BrFN2S/c1-8(2)4-10-7-19-14(17-10)18-13-6-11(15)12(16)5-9(13)3/h5-6,8,10H,4,7H2,1-3H3,(H,17,18). The summed E-state index contributed by atoms with van der Waals surface area (Å²) in [6.07, 6.45) is 1.12. The van der Waals surface area contributed by atoms with Crippen molar-refractivity contribution in [2.75, 3.05) is 11.1 Å². The Morgan fingerprint density at radius 3 is 2.95 bits per heavy atom. The summed E-state index contributed by atoms with van der Waals surface area (Å²) in [5.41, 5.74) is 1.79. The summed E-state index contributed by atoms with van der Waals surface area (Å²) in [4.78, 5) is 4.68. The van der Waals surface area contributed by atoms with Crippen LogP contribution < -0.4 is 5.32 Å². The summed E-state index contributed by atoms with van der Waals surface area (Å²) in [6.45, 7) is 6.32. The zero-order valence-electron chi connectivity index (χ0n) is 11.3. The number of benzene rings is 1. The van der Waals surface area contributed by atoms with Crippen molar-refractivity contribution >= 4 is 38.5 Å². The number of hydrogen-bond acceptors (Lipinski definition) is 3. The summed E-state index contributed by atoms with van der Waals surface area (Å²) in [7, 11) is 0. The van der Waals surface area contributed by atoms with Crippen LogP contribution in [0.3, 0.4) is 0 Å². The molecule has 1 heterocycles. The molecule has 0 amide bonds. The molecule has 0 saturated heterocycles. The lowest BCUT2D eigenvalue weighted by Crippen LogP contribution is -2.08. The summed E-state index contributed by atoms with van der Waals surface area (Å²) in [6, 6.07) is 3.69. The van der Waals surface area contributed by atoms with E-state index in [1.807, 2.05) is 6.92 Å². The highest BCUT2D eigenvalue weighted by atomic mass is 79.9. The lowest BCUT2D eigenvalue weighted by Gasteiger charge is -2.10. The molecule has 5 heteroatoms. The van der Waals surface area contributed by atoms with Gasteiger partial charge in [0.2, 0.25) is 0 Å². The van der Waals surface area contributed by atoms with Crippen LogP contribution in [0.1, 0.15) is 25.8 Å². The molecule has 2 nitrogen and oxygen atoms in total. The molecule has 1 N–H and O–H groups in total. The quantitative estimate of drug-likeness (QED) is 0.849. The van der Waals surface area contributed by atoms with Gasteiger partial charge in [-0.05, 0) is 52.9 Å². The maximum absolute atomic E-state index is 13.4. The first-order chi connectivity index (χ1) is 8.95. The molecule has 0 fully saturated rings. The van der Waals surface area contributed by atoms with Crippen molar-refractivity contribution in [1.82, 2.24) is 0 Å². The van der Waals surface area contributed by atoms with Crippen LogP contribution in [0.15, 0.2) is 21.6 Å². The number of hydrogen-bond donors (Lipinski definition) is 1. The zero-order valence-corrected chi connectivity index (χ0v) is 13.7. The first-order valence-electron chi connectivity index (χ1n) is 6.39. The largest absolute Gasteiger partial charge is 0.335 e. The zero-order chi connectivity index (χ0) is 14.0. The third-order valence-electron chi connectivity index (χ3n) is 2.96. The highest BCUT2D eigenvalue weighted by Crippen LogP contribution is 2.28. The number of thioether (sulfide) groups is 1. The highest BCUT2D eigenvalue weighted by Gasteiger charge is 2.19. The Hall–Kier alpha value is -0.550. The number of nitrogens with zero attached hydrogens (tertiary/aromatic N) is 1. The van der Waals surface area contributed by atoms with E-state index in [1.165, 1.54) is 6.07 Å². The summed E-state index contributed by atoms with van der Waals surface area (Å²) >= 11 is 4.95. The number of halogens is 2. The molecule has 2 rings (SSSR count). The minimum Gasteiger partial charge on any atom is -0.335 e. The fraction of sp³-hybridized carbons (Fsp3) is 0.500. The fourth-order valence-electron chi connectivity index (χ4n) is 2.04. The van der Waals surface area contributed by atoms with Gasteiger partial charge in [0.15, 0.2) is 5.17 Å². The van der Waals surface area contributed by atoms with Crippen molar-refractivity contribution in [2.45, 2.75) is 33.2 Å². The third-order valence-corrected chi connectivity index (χ3v) is 4.60. The van der Waals surface area contributed by atoms with Gasteiger partial charge in [-0.1, -0.05) is 25.6 Å². The second-order valence-corrected chi connectivity index (χ2v) is 7.10. The average molecular weight is 345 g/mol. The second-order valence-electron chi connectivity index (χ2n) is 5.23. The third kappa shape index (κ3) is 3.96. The van der Waals surface area contributed by atoms with E-state index in [0.29, 0.717) is 16.4 Å². The van der Waals surface area contributed by atoms with Gasteiger partial charge >= 0.3 is 0 Å². The number of rotatable bonds is 3. The molecule has 1 unspecified atom stereocenters. The normalized spacial score (nSPS) is 18.8. The Labute approximate surface area is 126 Å². The van der Waals surface area contributed by atoms with Crippen LogP contribution >= 0.6 is 27.7 Å². The minimum absolute atomic E-state index is 0.234. The van der Waals surface area contributed by atoms with Crippen LogP contribution in [0, 0.1) is 18.7 Å². The predicted octanol–water partition coefficient (Wildman–Crippen LogP) is 4.83. The van der Waals surface area contributed by atoms with Crippen molar-refractivity contribution in [3.8, 4) is 0 Å². The van der Waals surface area contributed by atoms with Gasteiger partial charge in [0.25, 0.3) is 0 Å². The molecule has 1 aliphatic rings. The molecule has 1 aliphatic heterocycles. The molecule has 104 valence electrons. The molecular formula is C14H18BrFN2S.